The summed E-state index contributed by atoms with van der Waals surface area (Å²) in [5, 5.41) is 10.2. The Labute approximate surface area is 75.4 Å². The molecule has 5 heteroatoms. The fourth-order valence-electron chi connectivity index (χ4n) is 1.20. The van der Waals surface area contributed by atoms with Crippen molar-refractivity contribution in [2.75, 3.05) is 24.6 Å². The van der Waals surface area contributed by atoms with Crippen LogP contribution in [0.25, 0.3) is 0 Å². The van der Waals surface area contributed by atoms with Gasteiger partial charge in [0.25, 0.3) is 0 Å². The number of thioether (sulfide) groups is 2. The highest BCUT2D eigenvalue weighted by atomic mass is 32.2. The standard InChI is InChI=1S/C6H13N3S2/c1-3-10-5(7-1)9-6-8-2-4-11-6/h5-9H,1-4H2. The molecule has 0 amide bonds. The highest BCUT2D eigenvalue weighted by Crippen LogP contribution is 2.16. The van der Waals surface area contributed by atoms with Gasteiger partial charge in [-0.3, -0.25) is 16.0 Å². The first kappa shape index (κ1) is 8.19. The Balaban J connectivity index is 1.71. The lowest BCUT2D eigenvalue weighted by atomic mass is 10.7. The van der Waals surface area contributed by atoms with Crippen LogP contribution in [0.4, 0.5) is 0 Å². The molecule has 2 unspecified atom stereocenters. The van der Waals surface area contributed by atoms with Crippen LogP contribution in [-0.4, -0.2) is 35.6 Å². The summed E-state index contributed by atoms with van der Waals surface area (Å²) in [5.74, 6) is 2.46. The number of rotatable bonds is 2. The van der Waals surface area contributed by atoms with Gasteiger partial charge in [-0.05, 0) is 0 Å². The normalized spacial score (nSPS) is 38.2. The van der Waals surface area contributed by atoms with E-state index in [1.165, 1.54) is 11.5 Å². The molecule has 3 N–H and O–H groups in total. The van der Waals surface area contributed by atoms with Gasteiger partial charge in [0.1, 0.15) is 11.0 Å². The first-order valence-corrected chi connectivity index (χ1v) is 6.01. The Morgan fingerprint density at radius 2 is 1.55 bits per heavy atom. The predicted octanol–water partition coefficient (Wildman–Crippen LogP) is -0.184. The lowest BCUT2D eigenvalue weighted by Crippen LogP contribution is -2.45. The molecule has 0 bridgehead atoms. The molecule has 0 radical (unpaired) electrons. The molecule has 0 spiro atoms. The fraction of sp³-hybridized carbons (Fsp3) is 1.00. The molecule has 2 heterocycles. The molecular weight excluding hydrogens is 178 g/mol. The molecular formula is C6H13N3S2. The highest BCUT2D eigenvalue weighted by molar-refractivity contribution is 8.00. The Morgan fingerprint density at radius 1 is 1.00 bits per heavy atom. The van der Waals surface area contributed by atoms with Crippen molar-refractivity contribution in [1.82, 2.24) is 16.0 Å². The summed E-state index contributed by atoms with van der Waals surface area (Å²) in [6.07, 6.45) is 0. The predicted molar refractivity (Wildman–Crippen MR) is 51.6 cm³/mol. The van der Waals surface area contributed by atoms with Crippen molar-refractivity contribution in [2.24, 2.45) is 0 Å². The maximum atomic E-state index is 3.48. The second-order valence-electron chi connectivity index (χ2n) is 2.58. The Kier molecular flexibility index (Phi) is 2.98. The van der Waals surface area contributed by atoms with Crippen LogP contribution in [-0.2, 0) is 0 Å². The molecule has 2 rings (SSSR count). The minimum Gasteiger partial charge on any atom is -0.292 e. The molecule has 0 aromatic rings. The monoisotopic (exact) mass is 191 g/mol. The van der Waals surface area contributed by atoms with Gasteiger partial charge in [-0.2, -0.15) is 0 Å². The van der Waals surface area contributed by atoms with Crippen LogP contribution in [0.15, 0.2) is 0 Å². The van der Waals surface area contributed by atoms with Crippen molar-refractivity contribution in [2.45, 2.75) is 11.0 Å². The van der Waals surface area contributed by atoms with Crippen LogP contribution in [0.1, 0.15) is 0 Å². The quantitative estimate of drug-likeness (QED) is 0.564. The van der Waals surface area contributed by atoms with Crippen molar-refractivity contribution in [3.63, 3.8) is 0 Å². The molecule has 2 aliphatic rings. The van der Waals surface area contributed by atoms with Crippen molar-refractivity contribution in [1.29, 1.82) is 0 Å². The molecule has 2 aliphatic heterocycles. The fourth-order valence-corrected chi connectivity index (χ4v) is 3.17. The van der Waals surface area contributed by atoms with Gasteiger partial charge in [0.15, 0.2) is 0 Å². The van der Waals surface area contributed by atoms with Gasteiger partial charge in [-0.25, -0.2) is 0 Å². The summed E-state index contributed by atoms with van der Waals surface area (Å²) in [4.78, 5) is 0. The van der Waals surface area contributed by atoms with E-state index in [1.807, 2.05) is 23.5 Å². The second-order valence-corrected chi connectivity index (χ2v) is 5.00. The van der Waals surface area contributed by atoms with Crippen LogP contribution in [0.3, 0.4) is 0 Å². The largest absolute Gasteiger partial charge is 0.292 e. The van der Waals surface area contributed by atoms with E-state index in [1.54, 1.807) is 0 Å². The molecule has 64 valence electrons. The maximum Gasteiger partial charge on any atom is 0.107 e. The van der Waals surface area contributed by atoms with Gasteiger partial charge in [0, 0.05) is 24.6 Å². The van der Waals surface area contributed by atoms with Gasteiger partial charge in [-0.1, -0.05) is 0 Å². The summed E-state index contributed by atoms with van der Waals surface area (Å²) >= 11 is 3.91. The maximum absolute atomic E-state index is 3.48. The summed E-state index contributed by atoms with van der Waals surface area (Å²) in [7, 11) is 0. The summed E-state index contributed by atoms with van der Waals surface area (Å²) in [6.45, 7) is 2.28. The van der Waals surface area contributed by atoms with E-state index in [0.29, 0.717) is 11.0 Å². The molecule has 0 aromatic heterocycles. The lowest BCUT2D eigenvalue weighted by Gasteiger charge is -2.17. The molecule has 11 heavy (non-hydrogen) atoms. The van der Waals surface area contributed by atoms with Gasteiger partial charge in [-0.15, -0.1) is 23.5 Å². The summed E-state index contributed by atoms with van der Waals surface area (Å²) in [5.41, 5.74) is 0.941. The van der Waals surface area contributed by atoms with E-state index < -0.39 is 0 Å². The van der Waals surface area contributed by atoms with Gasteiger partial charge >= 0.3 is 0 Å². The van der Waals surface area contributed by atoms with E-state index in [2.05, 4.69) is 16.0 Å². The zero-order valence-corrected chi connectivity index (χ0v) is 7.93. The number of nitrogens with one attached hydrogen (secondary N) is 3. The average Bonchev–Trinajstić information content (AvgIpc) is 2.60. The van der Waals surface area contributed by atoms with E-state index in [9.17, 15) is 0 Å². The van der Waals surface area contributed by atoms with Crippen LogP contribution in [0, 0.1) is 0 Å². The van der Waals surface area contributed by atoms with Gasteiger partial charge in [0.05, 0.1) is 0 Å². The summed E-state index contributed by atoms with van der Waals surface area (Å²) < 4.78 is 0. The van der Waals surface area contributed by atoms with E-state index in [0.717, 1.165) is 13.1 Å². The van der Waals surface area contributed by atoms with Crippen LogP contribution in [0.5, 0.6) is 0 Å². The third kappa shape index (κ3) is 2.26. The zero-order chi connectivity index (χ0) is 7.52. The van der Waals surface area contributed by atoms with Gasteiger partial charge < -0.3 is 0 Å². The Bertz CT molecular complexity index is 107. The van der Waals surface area contributed by atoms with Crippen molar-refractivity contribution in [3.8, 4) is 0 Å². The first-order valence-electron chi connectivity index (χ1n) is 3.91. The van der Waals surface area contributed by atoms with E-state index in [-0.39, 0.29) is 0 Å². The molecule has 2 saturated heterocycles. The first-order chi connectivity index (χ1) is 5.45. The smallest absolute Gasteiger partial charge is 0.107 e. The van der Waals surface area contributed by atoms with Crippen LogP contribution in [0.2, 0.25) is 0 Å². The Hall–Kier alpha value is 0.580. The van der Waals surface area contributed by atoms with Crippen LogP contribution < -0.4 is 16.0 Å². The van der Waals surface area contributed by atoms with Crippen molar-refractivity contribution >= 4 is 23.5 Å². The topological polar surface area (TPSA) is 36.1 Å². The third-order valence-corrected chi connectivity index (χ3v) is 3.89. The molecule has 3 nitrogen and oxygen atoms in total. The number of hydrogen-bond donors (Lipinski definition) is 3. The molecule has 0 aromatic carbocycles. The molecule has 2 atom stereocenters. The van der Waals surface area contributed by atoms with Crippen molar-refractivity contribution < 1.29 is 0 Å². The zero-order valence-electron chi connectivity index (χ0n) is 6.30. The van der Waals surface area contributed by atoms with Gasteiger partial charge in [0.2, 0.25) is 0 Å². The SMILES string of the molecule is C1CSC(NC2NCCS2)N1. The summed E-state index contributed by atoms with van der Waals surface area (Å²) in [6, 6.07) is 0. The Morgan fingerprint density at radius 3 is 1.91 bits per heavy atom. The van der Waals surface area contributed by atoms with E-state index >= 15 is 0 Å². The molecule has 2 fully saturated rings. The van der Waals surface area contributed by atoms with Crippen LogP contribution >= 0.6 is 23.5 Å². The lowest BCUT2D eigenvalue weighted by molar-refractivity contribution is 0.519. The average molecular weight is 191 g/mol. The number of hydrogen-bond acceptors (Lipinski definition) is 5. The van der Waals surface area contributed by atoms with E-state index in [4.69, 9.17) is 0 Å². The molecule has 0 saturated carbocycles. The third-order valence-electron chi connectivity index (χ3n) is 1.74. The minimum atomic E-state index is 0.470. The van der Waals surface area contributed by atoms with Crippen molar-refractivity contribution in [3.05, 3.63) is 0 Å². The highest BCUT2D eigenvalue weighted by Gasteiger charge is 2.20. The minimum absolute atomic E-state index is 0.470. The molecule has 0 aliphatic carbocycles. The second kappa shape index (κ2) is 4.00.